The van der Waals surface area contributed by atoms with Crippen molar-refractivity contribution < 1.29 is 19.4 Å². The van der Waals surface area contributed by atoms with Crippen molar-refractivity contribution in [3.63, 3.8) is 0 Å². The van der Waals surface area contributed by atoms with Gasteiger partial charge in [0.1, 0.15) is 6.54 Å². The molecule has 0 spiro atoms. The number of ether oxygens (including phenoxy) is 1. The molecule has 0 unspecified atom stereocenters. The third-order valence-corrected chi connectivity index (χ3v) is 1.84. The van der Waals surface area contributed by atoms with E-state index in [1.165, 1.54) is 0 Å². The lowest BCUT2D eigenvalue weighted by molar-refractivity contribution is -0.137. The predicted octanol–water partition coefficient (Wildman–Crippen LogP) is 0.142. The summed E-state index contributed by atoms with van der Waals surface area (Å²) < 4.78 is 5.10. The normalized spacial score (nSPS) is 9.41. The Kier molecular flexibility index (Phi) is 8.51. The number of nitrogens with one attached hydrogen (secondary N) is 1. The van der Waals surface area contributed by atoms with E-state index in [0.29, 0.717) is 26.2 Å². The molecule has 0 saturated heterocycles. The largest absolute Gasteiger partial charge is 0.480 e. The second-order valence-electron chi connectivity index (χ2n) is 3.24. The van der Waals surface area contributed by atoms with Gasteiger partial charge in [-0.05, 0) is 13.3 Å². The molecule has 0 aliphatic heterocycles. The zero-order valence-electron chi connectivity index (χ0n) is 9.94. The third-order valence-electron chi connectivity index (χ3n) is 1.84. The number of carbonyl (C=O) groups excluding carboxylic acids is 1. The zero-order chi connectivity index (χ0) is 13.1. The van der Waals surface area contributed by atoms with Gasteiger partial charge in [0.05, 0.1) is 6.54 Å². The van der Waals surface area contributed by atoms with Gasteiger partial charge in [0.2, 0.25) is 0 Å². The molecule has 17 heavy (non-hydrogen) atoms. The Morgan fingerprint density at radius 2 is 2.24 bits per heavy atom. The average Bonchev–Trinajstić information content (AvgIpc) is 2.27. The summed E-state index contributed by atoms with van der Waals surface area (Å²) in [5.74, 6) is 1.15. The fraction of sp³-hybridized carbons (Fsp3) is 0.636. The summed E-state index contributed by atoms with van der Waals surface area (Å²) in [5.41, 5.74) is 0. The number of rotatable bonds is 8. The SMILES string of the molecule is C#CCN(CC(=O)O)C(=O)NCCCOCC. The van der Waals surface area contributed by atoms with Crippen LogP contribution in [0.2, 0.25) is 0 Å². The molecule has 0 fully saturated rings. The van der Waals surface area contributed by atoms with E-state index in [9.17, 15) is 9.59 Å². The molecule has 6 heteroatoms. The summed E-state index contributed by atoms with van der Waals surface area (Å²) in [5, 5.41) is 11.2. The summed E-state index contributed by atoms with van der Waals surface area (Å²) in [6.45, 7) is 3.09. The molecule has 0 rings (SSSR count). The zero-order valence-corrected chi connectivity index (χ0v) is 9.94. The fourth-order valence-corrected chi connectivity index (χ4v) is 1.10. The van der Waals surface area contributed by atoms with E-state index in [2.05, 4.69) is 11.2 Å². The number of carboxylic acid groups (broad SMARTS) is 1. The Bertz CT molecular complexity index is 286. The lowest BCUT2D eigenvalue weighted by atomic mass is 10.4. The van der Waals surface area contributed by atoms with E-state index in [4.69, 9.17) is 16.3 Å². The van der Waals surface area contributed by atoms with Gasteiger partial charge in [-0.2, -0.15) is 0 Å². The van der Waals surface area contributed by atoms with Crippen LogP contribution in [0, 0.1) is 12.3 Å². The van der Waals surface area contributed by atoms with Crippen LogP contribution in [0.1, 0.15) is 13.3 Å². The van der Waals surface area contributed by atoms with Crippen molar-refractivity contribution in [2.75, 3.05) is 32.8 Å². The van der Waals surface area contributed by atoms with Crippen molar-refractivity contribution in [3.05, 3.63) is 0 Å². The molecular formula is C11H18N2O4. The van der Waals surface area contributed by atoms with E-state index < -0.39 is 18.5 Å². The molecule has 2 N–H and O–H groups in total. The number of nitrogens with zero attached hydrogens (tertiary/aromatic N) is 1. The number of aliphatic carboxylic acids is 1. The molecule has 0 heterocycles. The van der Waals surface area contributed by atoms with E-state index in [-0.39, 0.29) is 6.54 Å². The van der Waals surface area contributed by atoms with Crippen LogP contribution >= 0.6 is 0 Å². The molecule has 0 radical (unpaired) electrons. The minimum atomic E-state index is -1.09. The van der Waals surface area contributed by atoms with Gasteiger partial charge in [-0.3, -0.25) is 4.79 Å². The molecule has 2 amide bonds. The van der Waals surface area contributed by atoms with Crippen LogP contribution in [-0.4, -0.2) is 54.9 Å². The van der Waals surface area contributed by atoms with Crippen molar-refractivity contribution in [2.45, 2.75) is 13.3 Å². The van der Waals surface area contributed by atoms with Crippen LogP contribution in [0.5, 0.6) is 0 Å². The quantitative estimate of drug-likeness (QED) is 0.469. The first-order valence-corrected chi connectivity index (χ1v) is 5.37. The maximum absolute atomic E-state index is 11.5. The molecule has 0 bridgehead atoms. The van der Waals surface area contributed by atoms with Gasteiger partial charge in [-0.15, -0.1) is 6.42 Å². The first kappa shape index (κ1) is 15.3. The van der Waals surface area contributed by atoms with Gasteiger partial charge in [-0.1, -0.05) is 5.92 Å². The maximum atomic E-state index is 11.5. The molecule has 6 nitrogen and oxygen atoms in total. The summed E-state index contributed by atoms with van der Waals surface area (Å²) in [4.78, 5) is 23.1. The van der Waals surface area contributed by atoms with Gasteiger partial charge in [0.25, 0.3) is 0 Å². The van der Waals surface area contributed by atoms with E-state index in [1.807, 2.05) is 6.92 Å². The molecule has 0 aromatic carbocycles. The molecule has 0 aliphatic carbocycles. The standard InChI is InChI=1S/C11H18N2O4/c1-3-7-13(9-10(14)15)11(16)12-6-5-8-17-4-2/h1H,4-9H2,2H3,(H,12,16)(H,14,15). The summed E-state index contributed by atoms with van der Waals surface area (Å²) >= 11 is 0. The van der Waals surface area contributed by atoms with E-state index in [1.54, 1.807) is 0 Å². The predicted molar refractivity (Wildman–Crippen MR) is 62.6 cm³/mol. The smallest absolute Gasteiger partial charge is 0.323 e. The second kappa shape index (κ2) is 9.48. The lowest BCUT2D eigenvalue weighted by Crippen LogP contribution is -2.43. The number of hydrogen-bond acceptors (Lipinski definition) is 3. The van der Waals surface area contributed by atoms with Crippen molar-refractivity contribution in [1.29, 1.82) is 0 Å². The Labute approximate surface area is 101 Å². The van der Waals surface area contributed by atoms with Crippen LogP contribution in [0.4, 0.5) is 4.79 Å². The number of carboxylic acids is 1. The van der Waals surface area contributed by atoms with Crippen molar-refractivity contribution in [3.8, 4) is 12.3 Å². The Morgan fingerprint density at radius 1 is 1.53 bits per heavy atom. The minimum Gasteiger partial charge on any atom is -0.480 e. The average molecular weight is 242 g/mol. The molecular weight excluding hydrogens is 224 g/mol. The third kappa shape index (κ3) is 8.11. The van der Waals surface area contributed by atoms with Crippen molar-refractivity contribution in [1.82, 2.24) is 10.2 Å². The van der Waals surface area contributed by atoms with Gasteiger partial charge in [0, 0.05) is 19.8 Å². The minimum absolute atomic E-state index is 0.0242. The van der Waals surface area contributed by atoms with E-state index >= 15 is 0 Å². The van der Waals surface area contributed by atoms with Crippen LogP contribution < -0.4 is 5.32 Å². The van der Waals surface area contributed by atoms with E-state index in [0.717, 1.165) is 4.90 Å². The van der Waals surface area contributed by atoms with Crippen LogP contribution in [0.25, 0.3) is 0 Å². The number of urea groups is 1. The van der Waals surface area contributed by atoms with Gasteiger partial charge < -0.3 is 20.1 Å². The Morgan fingerprint density at radius 3 is 2.76 bits per heavy atom. The summed E-state index contributed by atoms with van der Waals surface area (Å²) in [6.07, 6.45) is 5.73. The topological polar surface area (TPSA) is 78.9 Å². The highest BCUT2D eigenvalue weighted by Gasteiger charge is 2.14. The number of hydrogen-bond donors (Lipinski definition) is 2. The van der Waals surface area contributed by atoms with Crippen LogP contribution in [0.3, 0.4) is 0 Å². The Hall–Kier alpha value is -1.74. The fourth-order valence-electron chi connectivity index (χ4n) is 1.10. The van der Waals surface area contributed by atoms with Crippen molar-refractivity contribution in [2.24, 2.45) is 0 Å². The molecule has 0 saturated carbocycles. The number of terminal acetylenes is 1. The highest BCUT2D eigenvalue weighted by Crippen LogP contribution is 1.90. The summed E-state index contributed by atoms with van der Waals surface area (Å²) in [6, 6.07) is -0.471. The summed E-state index contributed by atoms with van der Waals surface area (Å²) in [7, 11) is 0. The first-order valence-electron chi connectivity index (χ1n) is 5.37. The molecule has 0 atom stereocenters. The molecule has 0 aromatic heterocycles. The van der Waals surface area contributed by atoms with Gasteiger partial charge in [0.15, 0.2) is 0 Å². The molecule has 96 valence electrons. The Balaban J connectivity index is 3.89. The maximum Gasteiger partial charge on any atom is 0.323 e. The number of carbonyl (C=O) groups is 2. The molecule has 0 aromatic rings. The van der Waals surface area contributed by atoms with Gasteiger partial charge in [-0.25, -0.2) is 4.79 Å². The molecule has 0 aliphatic rings. The van der Waals surface area contributed by atoms with Crippen LogP contribution in [-0.2, 0) is 9.53 Å². The van der Waals surface area contributed by atoms with Gasteiger partial charge >= 0.3 is 12.0 Å². The first-order chi connectivity index (χ1) is 8.11. The monoisotopic (exact) mass is 242 g/mol. The highest BCUT2D eigenvalue weighted by atomic mass is 16.5. The number of amides is 2. The second-order valence-corrected chi connectivity index (χ2v) is 3.24. The van der Waals surface area contributed by atoms with Crippen LogP contribution in [0.15, 0.2) is 0 Å². The lowest BCUT2D eigenvalue weighted by Gasteiger charge is -2.18. The van der Waals surface area contributed by atoms with Crippen molar-refractivity contribution >= 4 is 12.0 Å². The highest BCUT2D eigenvalue weighted by molar-refractivity contribution is 5.80.